The Labute approximate surface area is 180 Å². The van der Waals surface area contributed by atoms with Crippen molar-refractivity contribution < 1.29 is 86.5 Å². The van der Waals surface area contributed by atoms with Gasteiger partial charge in [0, 0.05) is 0 Å². The smallest absolute Gasteiger partial charge is 0.876 e. The zero-order chi connectivity index (χ0) is 17.6. The Morgan fingerprint density at radius 3 is 0.640 bits per heavy atom. The Morgan fingerprint density at radius 2 is 0.640 bits per heavy atom. The standard InChI is InChI=1S/3C5H8O2.3H2O.Sm/c3*1-4(6)3-5(2)7;;;;/h3*3,6H,1-2H3;3*1H2;/q;;;;;;+3/p-3/b3*4-3-;;;;. The van der Waals surface area contributed by atoms with Crippen LogP contribution in [0.5, 0.6) is 0 Å². The van der Waals surface area contributed by atoms with Crippen LogP contribution in [0.25, 0.3) is 0 Å². The molecule has 0 amide bonds. The van der Waals surface area contributed by atoms with Gasteiger partial charge in [-0.05, 0) is 39.0 Å². The Morgan fingerprint density at radius 1 is 0.520 bits per heavy atom. The summed E-state index contributed by atoms with van der Waals surface area (Å²) in [6.07, 6.45) is 3.17. The van der Waals surface area contributed by atoms with Gasteiger partial charge >= 0.3 is 40.4 Å². The number of hydrogen-bond donors (Lipinski definition) is 0. The molecule has 25 heavy (non-hydrogen) atoms. The fourth-order valence-electron chi connectivity index (χ4n) is 0.859. The molecule has 0 aliphatic heterocycles. The average molecular weight is 502 g/mol. The topological polar surface area (TPSA) is 215 Å². The van der Waals surface area contributed by atoms with E-state index in [2.05, 4.69) is 0 Å². The second-order valence-corrected chi connectivity index (χ2v) is 4.10. The fourth-order valence-corrected chi connectivity index (χ4v) is 0.859. The van der Waals surface area contributed by atoms with Gasteiger partial charge in [0.15, 0.2) is 17.3 Å². The first-order valence-corrected chi connectivity index (χ1v) is 5.96. The van der Waals surface area contributed by atoms with Gasteiger partial charge < -0.3 is 31.7 Å². The first-order valence-electron chi connectivity index (χ1n) is 5.96. The van der Waals surface area contributed by atoms with Crippen molar-refractivity contribution in [3.8, 4) is 0 Å². The Kier molecular flexibility index (Phi) is 48.6. The molecule has 6 N–H and O–H groups in total. The van der Waals surface area contributed by atoms with Gasteiger partial charge in [-0.3, -0.25) is 14.4 Å². The molecule has 0 spiro atoms. The quantitative estimate of drug-likeness (QED) is 0.290. The van der Waals surface area contributed by atoms with Crippen LogP contribution in [0.3, 0.4) is 0 Å². The number of ketones is 3. The predicted molar refractivity (Wildman–Crippen MR) is 84.2 cm³/mol. The van der Waals surface area contributed by atoms with Gasteiger partial charge in [0.2, 0.25) is 0 Å². The van der Waals surface area contributed by atoms with Crippen molar-refractivity contribution in [3.63, 3.8) is 0 Å². The van der Waals surface area contributed by atoms with E-state index in [0.29, 0.717) is 0 Å². The van der Waals surface area contributed by atoms with Gasteiger partial charge in [0.25, 0.3) is 0 Å². The summed E-state index contributed by atoms with van der Waals surface area (Å²) in [7, 11) is 0. The molecule has 0 rings (SSSR count). The molecule has 0 fully saturated rings. The first-order chi connectivity index (χ1) is 9.38. The molecule has 0 aromatic carbocycles. The zero-order valence-corrected chi connectivity index (χ0v) is 17.7. The molecule has 1 radical (unpaired) electrons. The van der Waals surface area contributed by atoms with Crippen LogP contribution in [0, 0.1) is 40.4 Å². The first kappa shape index (κ1) is 43.9. The molecule has 10 heteroatoms. The van der Waals surface area contributed by atoms with Crippen LogP contribution in [0.1, 0.15) is 41.5 Å². The third-order valence-corrected chi connectivity index (χ3v) is 1.22. The molecule has 9 nitrogen and oxygen atoms in total. The van der Waals surface area contributed by atoms with Crippen molar-refractivity contribution >= 4 is 17.3 Å². The van der Waals surface area contributed by atoms with Gasteiger partial charge in [0.05, 0.1) is 0 Å². The predicted octanol–water partition coefficient (Wildman–Crippen LogP) is -2.96. The minimum absolute atomic E-state index is 0. The van der Waals surface area contributed by atoms with E-state index in [1.807, 2.05) is 0 Å². The molecule has 0 aromatic heterocycles. The molecule has 0 bridgehead atoms. The molecule has 0 unspecified atom stereocenters. The third kappa shape index (κ3) is 84.4. The molecule has 147 valence electrons. The van der Waals surface area contributed by atoms with E-state index in [-0.39, 0.29) is 91.4 Å². The molecule has 0 saturated heterocycles. The van der Waals surface area contributed by atoms with E-state index in [4.69, 9.17) is 0 Å². The summed E-state index contributed by atoms with van der Waals surface area (Å²) in [5.74, 6) is -1.12. The van der Waals surface area contributed by atoms with E-state index >= 15 is 0 Å². The number of carbonyl (C=O) groups is 3. The normalized spacial score (nSPS) is 9.60. The van der Waals surface area contributed by atoms with Crippen molar-refractivity contribution in [2.45, 2.75) is 41.5 Å². The number of rotatable bonds is 3. The van der Waals surface area contributed by atoms with Crippen LogP contribution in [0.15, 0.2) is 35.5 Å². The van der Waals surface area contributed by atoms with E-state index in [0.717, 1.165) is 18.2 Å². The monoisotopic (exact) mass is 503 g/mol. The molecule has 0 heterocycles. The second-order valence-electron chi connectivity index (χ2n) is 4.10. The van der Waals surface area contributed by atoms with Gasteiger partial charge in [-0.15, -0.1) is 17.3 Å². The maximum atomic E-state index is 9.98. The van der Waals surface area contributed by atoms with Crippen LogP contribution in [-0.4, -0.2) is 33.8 Å². The molecule has 0 aliphatic carbocycles. The fraction of sp³-hybridized carbons (Fsp3) is 0.400. The SMILES string of the molecule is CC(=O)/C=C(/C)[O-].CC(=O)/C=C(/C)[O-].CC(=O)/C=C(/C)[O-].O.O.O.[Sm+3]. The molecular formula is C15H27O9Sm. The minimum atomic E-state index is -0.187. The van der Waals surface area contributed by atoms with E-state index < -0.39 is 0 Å². The number of hydrogen-bond acceptors (Lipinski definition) is 6. The van der Waals surface area contributed by atoms with Gasteiger partial charge in [0.1, 0.15) is 0 Å². The van der Waals surface area contributed by atoms with Crippen molar-refractivity contribution in [1.29, 1.82) is 0 Å². The minimum Gasteiger partial charge on any atom is -0.876 e. The van der Waals surface area contributed by atoms with Crippen molar-refractivity contribution in [2.24, 2.45) is 0 Å². The van der Waals surface area contributed by atoms with Crippen molar-refractivity contribution in [3.05, 3.63) is 35.5 Å². The second kappa shape index (κ2) is 27.7. The molecule has 0 aromatic rings. The van der Waals surface area contributed by atoms with Crippen LogP contribution >= 0.6 is 0 Å². The van der Waals surface area contributed by atoms with Crippen LogP contribution in [0.2, 0.25) is 0 Å². The van der Waals surface area contributed by atoms with E-state index in [1.165, 1.54) is 41.5 Å². The van der Waals surface area contributed by atoms with Gasteiger partial charge in [-0.2, -0.15) is 0 Å². The summed E-state index contributed by atoms with van der Waals surface area (Å²) < 4.78 is 0. The third-order valence-electron chi connectivity index (χ3n) is 1.22. The number of allylic oxidation sites excluding steroid dienone is 6. The summed E-state index contributed by atoms with van der Waals surface area (Å²) in [6, 6.07) is 0. The largest absolute Gasteiger partial charge is 3.00 e. The van der Waals surface area contributed by atoms with E-state index in [1.54, 1.807) is 0 Å². The zero-order valence-electron chi connectivity index (χ0n) is 15.1. The van der Waals surface area contributed by atoms with Gasteiger partial charge in [-0.1, -0.05) is 20.8 Å². The van der Waals surface area contributed by atoms with Crippen LogP contribution in [0.4, 0.5) is 0 Å². The van der Waals surface area contributed by atoms with E-state index in [9.17, 15) is 29.7 Å². The Hall–Kier alpha value is -1.15. The number of carbonyl (C=O) groups excluding carboxylic acids is 3. The van der Waals surface area contributed by atoms with Crippen molar-refractivity contribution in [1.82, 2.24) is 0 Å². The summed E-state index contributed by atoms with van der Waals surface area (Å²) in [5.41, 5.74) is 0. The maximum Gasteiger partial charge on any atom is 3.00 e. The summed E-state index contributed by atoms with van der Waals surface area (Å²) in [5, 5.41) is 29.9. The van der Waals surface area contributed by atoms with Crippen molar-refractivity contribution in [2.75, 3.05) is 0 Å². The average Bonchev–Trinajstić information content (AvgIpc) is 2.10. The molecular weight excluding hydrogens is 475 g/mol. The van der Waals surface area contributed by atoms with Crippen LogP contribution < -0.4 is 15.3 Å². The van der Waals surface area contributed by atoms with Gasteiger partial charge in [-0.25, -0.2) is 0 Å². The molecule has 0 saturated carbocycles. The Bertz CT molecular complexity index is 373. The van der Waals surface area contributed by atoms with Crippen LogP contribution in [-0.2, 0) is 14.4 Å². The molecule has 0 aliphatic rings. The maximum absolute atomic E-state index is 9.98. The molecule has 0 atom stereocenters. The summed E-state index contributed by atoms with van der Waals surface area (Å²) in [4.78, 5) is 29.9. The summed E-state index contributed by atoms with van der Waals surface area (Å²) >= 11 is 0. The Balaban J connectivity index is -0.0000000360. The summed E-state index contributed by atoms with van der Waals surface area (Å²) in [6.45, 7) is 8.09.